The predicted octanol–water partition coefficient (Wildman–Crippen LogP) is 0.190. The Morgan fingerprint density at radius 1 is 1.00 bits per heavy atom. The molecule has 1 aromatic rings. The van der Waals surface area contributed by atoms with E-state index in [0.717, 1.165) is 0 Å². The number of hydrogen-bond acceptors (Lipinski definition) is 0. The molecule has 1 heterocycles. The molecule has 0 unspecified atom stereocenters. The molecule has 0 spiro atoms. The molecule has 0 fully saturated rings. The zero-order valence-corrected chi connectivity index (χ0v) is 3.31. The summed E-state index contributed by atoms with van der Waals surface area (Å²) in [6, 6.07) is 3.89. The molecule has 0 aliphatic carbocycles. The second-order valence-corrected chi connectivity index (χ2v) is 0.885. The number of rotatable bonds is 0. The average molecular weight is 70.1 g/mol. The second-order valence-electron chi connectivity index (χ2n) is 0.885. The molecule has 1 rings (SSSR count). The molecule has 2 nitrogen and oxygen atoms in total. The monoisotopic (exact) mass is 70.1 g/mol. The summed E-state index contributed by atoms with van der Waals surface area (Å²) in [5.41, 5.74) is 0. The van der Waals surface area contributed by atoms with Gasteiger partial charge in [0.25, 0.3) is 0 Å². The zero-order chi connectivity index (χ0) is 3.54. The van der Waals surface area contributed by atoms with Crippen LogP contribution in [0.4, 0.5) is 0 Å². The lowest BCUT2D eigenvalue weighted by atomic mass is 1.000. The van der Waals surface area contributed by atoms with Crippen molar-refractivity contribution in [3.05, 3.63) is 24.5 Å². The van der Waals surface area contributed by atoms with Crippen molar-refractivity contribution in [3.63, 3.8) is 0 Å². The minimum absolute atomic E-state index is 0. The van der Waals surface area contributed by atoms with Crippen LogP contribution in [0.25, 0.3) is 0 Å². The topological polar surface area (TPSA) is 47.3 Å². The Bertz CT molecular complexity index is 64.0. The van der Waals surface area contributed by atoms with Gasteiger partial charge < -0.3 is 10.5 Å². The van der Waals surface area contributed by atoms with E-state index in [2.05, 4.69) is 4.98 Å². The van der Waals surface area contributed by atoms with Crippen LogP contribution in [0.1, 0.15) is 0 Å². The van der Waals surface area contributed by atoms with Gasteiger partial charge in [0.15, 0.2) is 0 Å². The van der Waals surface area contributed by atoms with Crippen LogP contribution in [0.15, 0.2) is 24.5 Å². The van der Waals surface area contributed by atoms with E-state index < -0.39 is 0 Å². The normalized spacial score (nSPS) is 6.67. The van der Waals surface area contributed by atoms with Crippen molar-refractivity contribution in [3.8, 4) is 0 Å². The van der Waals surface area contributed by atoms with Gasteiger partial charge in [-0.3, -0.25) is 0 Å². The zero-order valence-electron chi connectivity index (χ0n) is 3.31. The molecule has 0 atom stereocenters. The second kappa shape index (κ2) is 2.48. The minimum Gasteiger partial charge on any atom is -0.412 e. The van der Waals surface area contributed by atoms with Crippen molar-refractivity contribution in [2.24, 2.45) is 0 Å². The van der Waals surface area contributed by atoms with Crippen LogP contribution in [-0.2, 0) is 0 Å². The van der Waals surface area contributed by atoms with Crippen molar-refractivity contribution in [2.45, 2.75) is 0 Å². The van der Waals surface area contributed by atoms with Crippen LogP contribution >= 0.6 is 0 Å². The Labute approximate surface area is 36.1 Å². The van der Waals surface area contributed by atoms with Crippen molar-refractivity contribution < 1.29 is 5.48 Å². The molecule has 6 heavy (non-hydrogen) atoms. The van der Waals surface area contributed by atoms with Crippen LogP contribution in [0.2, 0.25) is 0 Å². The van der Waals surface area contributed by atoms with Crippen molar-refractivity contribution in [1.29, 1.82) is 0 Å². The first-order chi connectivity index (χ1) is 2.50. The van der Waals surface area contributed by atoms with Gasteiger partial charge in [-0.25, -0.2) is 0 Å². The van der Waals surface area contributed by atoms with Gasteiger partial charge in [-0.05, 0) is 12.1 Å². The van der Waals surface area contributed by atoms with Gasteiger partial charge >= 0.3 is 0 Å². The Hall–Kier alpha value is -0.760. The first-order valence-electron chi connectivity index (χ1n) is 1.58. The fraction of sp³-hybridized carbons (Fsp3) is 0. The van der Waals surface area contributed by atoms with Gasteiger partial charge in [0.1, 0.15) is 0 Å². The number of aromatic nitrogens is 1. The third-order valence-electron chi connectivity index (χ3n) is 0.496. The standard InChI is InChI=1S/C4H5N.H2O/c1-2-4-5-3-1;/h1-5H;1H2/i;1-15. The molecule has 3 N–H and O–H groups in total. The molecular weight excluding hydrogens is 63.1 g/mol. The number of nitrogens with one attached hydrogen (secondary N) is 1. The van der Waals surface area contributed by atoms with Gasteiger partial charge in [-0.15, -0.1) is 0 Å². The Balaban J connectivity index is 0.000000250. The Morgan fingerprint density at radius 2 is 1.50 bits per heavy atom. The van der Waals surface area contributed by atoms with Crippen molar-refractivity contribution in [1.82, 2.24) is 4.98 Å². The first kappa shape index (κ1) is 5.24. The fourth-order valence-electron chi connectivity index (χ4n) is 0.278. The first-order valence-corrected chi connectivity index (χ1v) is 1.58. The van der Waals surface area contributed by atoms with E-state index >= 15 is 0 Å². The maximum absolute atomic E-state index is 2.86. The highest BCUT2D eigenvalue weighted by Gasteiger charge is 1.55. The lowest BCUT2D eigenvalue weighted by Crippen LogP contribution is -1.38. The van der Waals surface area contributed by atoms with Crippen LogP contribution in [0, 0.1) is 0 Å². The number of aromatic amines is 1. The SMILES string of the molecule is [1OH2].c1cc[nH]c1. The van der Waals surface area contributed by atoms with E-state index in [9.17, 15) is 0 Å². The highest BCUT2D eigenvalue weighted by atomic mass is 14.6. The van der Waals surface area contributed by atoms with Gasteiger partial charge in [-0.2, -0.15) is 0 Å². The van der Waals surface area contributed by atoms with Gasteiger partial charge in [0, 0.05) is 12.4 Å². The van der Waals surface area contributed by atoms with Crippen LogP contribution < -0.4 is 0 Å². The molecule has 0 bridgehead atoms. The number of H-pyrrole nitrogens is 1. The third-order valence-corrected chi connectivity index (χ3v) is 0.496. The molecule has 1 aromatic heterocycles. The molecular formula is C4H7NO. The van der Waals surface area contributed by atoms with E-state index in [4.69, 9.17) is 0 Å². The summed E-state index contributed by atoms with van der Waals surface area (Å²) in [5.74, 6) is 0. The van der Waals surface area contributed by atoms with Crippen LogP contribution in [0.3, 0.4) is 0 Å². The van der Waals surface area contributed by atoms with E-state index in [0.29, 0.717) is 0 Å². The summed E-state index contributed by atoms with van der Waals surface area (Å²) < 4.78 is 0. The molecule has 2 heteroatoms. The minimum atomic E-state index is 0. The molecule has 0 aliphatic rings. The van der Waals surface area contributed by atoms with Crippen molar-refractivity contribution >= 4 is 0 Å². The summed E-state index contributed by atoms with van der Waals surface area (Å²) in [6.07, 6.45) is 3.75. The highest BCUT2D eigenvalue weighted by Crippen LogP contribution is 1.72. The smallest absolute Gasteiger partial charge is 0.000496 e. The lowest BCUT2D eigenvalue weighted by molar-refractivity contribution is 0.824. The Morgan fingerprint density at radius 3 is 1.67 bits per heavy atom. The summed E-state index contributed by atoms with van der Waals surface area (Å²) in [5, 5.41) is 0. The highest BCUT2D eigenvalue weighted by molar-refractivity contribution is 4.84. The fourth-order valence-corrected chi connectivity index (χ4v) is 0.278. The van der Waals surface area contributed by atoms with Gasteiger partial charge in [-0.1, -0.05) is 0 Å². The van der Waals surface area contributed by atoms with E-state index in [-0.39, 0.29) is 5.48 Å². The molecule has 0 amide bonds. The average Bonchev–Trinajstić information content (AvgIpc) is 1.76. The van der Waals surface area contributed by atoms with E-state index in [1.807, 2.05) is 24.5 Å². The molecule has 0 radical (unpaired) electrons. The summed E-state index contributed by atoms with van der Waals surface area (Å²) in [6.45, 7) is 0. The number of hydrogen-bond donors (Lipinski definition) is 1. The van der Waals surface area contributed by atoms with E-state index in [1.165, 1.54) is 0 Å². The molecule has 0 aromatic carbocycles. The largest absolute Gasteiger partial charge is 0.412 e. The third kappa shape index (κ3) is 0.904. The molecule has 0 aliphatic heterocycles. The van der Waals surface area contributed by atoms with Crippen LogP contribution in [-0.4, -0.2) is 10.5 Å². The van der Waals surface area contributed by atoms with Crippen LogP contribution in [0.5, 0.6) is 0 Å². The van der Waals surface area contributed by atoms with Gasteiger partial charge in [0.05, 0.1) is 0 Å². The summed E-state index contributed by atoms with van der Waals surface area (Å²) in [7, 11) is 0. The van der Waals surface area contributed by atoms with Gasteiger partial charge in [0.2, 0.25) is 0 Å². The predicted molar refractivity (Wildman–Crippen MR) is 24.4 cm³/mol. The molecule has 0 saturated heterocycles. The van der Waals surface area contributed by atoms with Crippen molar-refractivity contribution in [2.75, 3.05) is 0 Å². The molecule has 0 saturated carbocycles. The quantitative estimate of drug-likeness (QED) is 0.453. The molecule has 34 valence electrons. The summed E-state index contributed by atoms with van der Waals surface area (Å²) in [4.78, 5) is 2.86. The maximum atomic E-state index is 2.86. The maximum Gasteiger partial charge on any atom is 0.000496 e. The van der Waals surface area contributed by atoms with E-state index in [1.54, 1.807) is 0 Å². The Kier molecular flexibility index (Phi) is 2.16. The lowest BCUT2D eigenvalue weighted by Gasteiger charge is -1.49. The summed E-state index contributed by atoms with van der Waals surface area (Å²) >= 11 is 0.